The number of nitrogens with two attached hydrogens (primary N) is 1. The van der Waals surface area contributed by atoms with Gasteiger partial charge in [0.25, 0.3) is 0 Å². The van der Waals surface area contributed by atoms with Crippen LogP contribution in [-0.4, -0.2) is 13.2 Å². The lowest BCUT2D eigenvalue weighted by Crippen LogP contribution is -2.36. The number of benzene rings is 1. The summed E-state index contributed by atoms with van der Waals surface area (Å²) in [5.74, 6) is -0.390. The van der Waals surface area contributed by atoms with E-state index in [0.717, 1.165) is 12.8 Å². The van der Waals surface area contributed by atoms with Gasteiger partial charge in [-0.25, -0.2) is 8.78 Å². The lowest BCUT2D eigenvalue weighted by atomic mass is 9.79. The monoisotopic (exact) mass is 241 g/mol. The molecule has 1 saturated carbocycles. The molecule has 0 amide bonds. The first-order chi connectivity index (χ1) is 8.05. The molecular formula is C13H17F2NO. The molecule has 94 valence electrons. The summed E-state index contributed by atoms with van der Waals surface area (Å²) in [6.07, 6.45) is 2.25. The highest BCUT2D eigenvalue weighted by molar-refractivity contribution is 5.33. The van der Waals surface area contributed by atoms with E-state index in [-0.39, 0.29) is 18.2 Å². The second-order valence-electron chi connectivity index (χ2n) is 4.67. The molecule has 1 aliphatic carbocycles. The van der Waals surface area contributed by atoms with Crippen LogP contribution >= 0.6 is 0 Å². The Balaban J connectivity index is 2.29. The van der Waals surface area contributed by atoms with Gasteiger partial charge in [0, 0.05) is 12.5 Å². The predicted molar refractivity (Wildman–Crippen MR) is 62.2 cm³/mol. The first kappa shape index (κ1) is 12.3. The summed E-state index contributed by atoms with van der Waals surface area (Å²) in [4.78, 5) is 0. The Morgan fingerprint density at radius 1 is 1.47 bits per heavy atom. The summed E-state index contributed by atoms with van der Waals surface area (Å²) < 4.78 is 33.1. The Labute approximate surface area is 99.8 Å². The molecule has 2 rings (SSSR count). The normalized spacial score (nSPS) is 29.1. The van der Waals surface area contributed by atoms with Gasteiger partial charge in [0.2, 0.25) is 0 Å². The molecule has 17 heavy (non-hydrogen) atoms. The van der Waals surface area contributed by atoms with Crippen molar-refractivity contribution in [3.05, 3.63) is 29.6 Å². The van der Waals surface area contributed by atoms with Gasteiger partial charge in [0.15, 0.2) is 11.6 Å². The van der Waals surface area contributed by atoms with Gasteiger partial charge in [-0.15, -0.1) is 0 Å². The molecule has 1 aromatic carbocycles. The number of hydrogen-bond acceptors (Lipinski definition) is 2. The van der Waals surface area contributed by atoms with Crippen LogP contribution in [-0.2, 0) is 5.67 Å². The molecule has 2 unspecified atom stereocenters. The maximum absolute atomic E-state index is 14.7. The fourth-order valence-corrected chi connectivity index (χ4v) is 2.47. The number of hydrogen-bond donors (Lipinski definition) is 1. The zero-order valence-electron chi connectivity index (χ0n) is 9.88. The third kappa shape index (κ3) is 2.41. The summed E-state index contributed by atoms with van der Waals surface area (Å²) in [5, 5.41) is 0. The Bertz CT molecular complexity index is 410. The van der Waals surface area contributed by atoms with E-state index in [9.17, 15) is 8.78 Å². The fraction of sp³-hybridized carbons (Fsp3) is 0.538. The van der Waals surface area contributed by atoms with Gasteiger partial charge in [-0.05, 0) is 37.0 Å². The second kappa shape index (κ2) is 4.61. The van der Waals surface area contributed by atoms with Crippen LogP contribution in [0.3, 0.4) is 0 Å². The van der Waals surface area contributed by atoms with Gasteiger partial charge in [-0.1, -0.05) is 6.07 Å². The smallest absolute Gasteiger partial charge is 0.165 e. The van der Waals surface area contributed by atoms with Crippen molar-refractivity contribution < 1.29 is 13.5 Å². The highest BCUT2D eigenvalue weighted by Crippen LogP contribution is 2.41. The Morgan fingerprint density at radius 3 is 2.82 bits per heavy atom. The van der Waals surface area contributed by atoms with Gasteiger partial charge in [0.05, 0.1) is 7.11 Å². The van der Waals surface area contributed by atoms with Crippen LogP contribution in [0.1, 0.15) is 31.2 Å². The van der Waals surface area contributed by atoms with E-state index < -0.39 is 11.5 Å². The van der Waals surface area contributed by atoms with Crippen molar-refractivity contribution in [2.75, 3.05) is 7.11 Å². The highest BCUT2D eigenvalue weighted by Gasteiger charge is 2.37. The molecule has 0 aliphatic heterocycles. The van der Waals surface area contributed by atoms with Crippen molar-refractivity contribution in [3.63, 3.8) is 0 Å². The topological polar surface area (TPSA) is 35.2 Å². The summed E-state index contributed by atoms with van der Waals surface area (Å²) in [6.45, 7) is 0. The molecule has 0 bridgehead atoms. The quantitative estimate of drug-likeness (QED) is 0.864. The molecule has 1 aromatic rings. The van der Waals surface area contributed by atoms with Crippen molar-refractivity contribution in [3.8, 4) is 5.75 Å². The summed E-state index contributed by atoms with van der Waals surface area (Å²) in [6, 6.07) is 4.13. The van der Waals surface area contributed by atoms with E-state index in [1.807, 2.05) is 0 Å². The zero-order valence-corrected chi connectivity index (χ0v) is 9.88. The third-order valence-corrected chi connectivity index (χ3v) is 3.40. The average molecular weight is 241 g/mol. The lowest BCUT2D eigenvalue weighted by Gasteiger charge is -2.33. The van der Waals surface area contributed by atoms with Gasteiger partial charge < -0.3 is 10.5 Å². The molecule has 4 heteroatoms. The minimum atomic E-state index is -1.50. The van der Waals surface area contributed by atoms with Crippen LogP contribution in [0.15, 0.2) is 18.2 Å². The van der Waals surface area contributed by atoms with Gasteiger partial charge >= 0.3 is 0 Å². The number of rotatable bonds is 2. The zero-order chi connectivity index (χ0) is 12.5. The van der Waals surface area contributed by atoms with Crippen molar-refractivity contribution in [1.82, 2.24) is 0 Å². The molecule has 2 nitrogen and oxygen atoms in total. The van der Waals surface area contributed by atoms with Crippen molar-refractivity contribution in [2.24, 2.45) is 5.73 Å². The maximum Gasteiger partial charge on any atom is 0.165 e. The molecule has 0 saturated heterocycles. The lowest BCUT2D eigenvalue weighted by molar-refractivity contribution is 0.0943. The molecule has 0 aromatic heterocycles. The first-order valence-corrected chi connectivity index (χ1v) is 5.84. The van der Waals surface area contributed by atoms with E-state index in [1.54, 1.807) is 6.07 Å². The Hall–Kier alpha value is -1.16. The standard InChI is InChI=1S/C13H17F2NO/c1-17-12-5-4-9(7-11(12)14)13(15)6-2-3-10(16)8-13/h4-5,7,10H,2-3,6,8,16H2,1H3. The van der Waals surface area contributed by atoms with E-state index >= 15 is 0 Å². The Morgan fingerprint density at radius 2 is 2.24 bits per heavy atom. The van der Waals surface area contributed by atoms with Crippen LogP contribution in [0, 0.1) is 5.82 Å². The molecule has 1 fully saturated rings. The van der Waals surface area contributed by atoms with E-state index in [2.05, 4.69) is 0 Å². The van der Waals surface area contributed by atoms with Crippen LogP contribution in [0.5, 0.6) is 5.75 Å². The number of alkyl halides is 1. The second-order valence-corrected chi connectivity index (χ2v) is 4.67. The van der Waals surface area contributed by atoms with Crippen LogP contribution in [0.25, 0.3) is 0 Å². The molecular weight excluding hydrogens is 224 g/mol. The van der Waals surface area contributed by atoms with Crippen molar-refractivity contribution in [1.29, 1.82) is 0 Å². The summed E-state index contributed by atoms with van der Waals surface area (Å²) in [5.41, 5.74) is 4.65. The molecule has 0 radical (unpaired) electrons. The number of methoxy groups -OCH3 is 1. The van der Waals surface area contributed by atoms with E-state index in [0.29, 0.717) is 12.0 Å². The summed E-state index contributed by atoms with van der Waals surface area (Å²) >= 11 is 0. The molecule has 2 N–H and O–H groups in total. The Kier molecular flexibility index (Phi) is 3.33. The third-order valence-electron chi connectivity index (χ3n) is 3.40. The number of ether oxygens (including phenoxy) is 1. The highest BCUT2D eigenvalue weighted by atomic mass is 19.1. The van der Waals surface area contributed by atoms with Crippen LogP contribution in [0.2, 0.25) is 0 Å². The molecule has 1 aliphatic rings. The average Bonchev–Trinajstić information content (AvgIpc) is 2.28. The minimum absolute atomic E-state index is 0.137. The predicted octanol–water partition coefficient (Wildman–Crippen LogP) is 2.90. The van der Waals surface area contributed by atoms with E-state index in [4.69, 9.17) is 10.5 Å². The molecule has 2 atom stereocenters. The van der Waals surface area contributed by atoms with Crippen LogP contribution < -0.4 is 10.5 Å². The van der Waals surface area contributed by atoms with Gasteiger partial charge in [-0.2, -0.15) is 0 Å². The minimum Gasteiger partial charge on any atom is -0.494 e. The number of halogens is 2. The van der Waals surface area contributed by atoms with Crippen LogP contribution in [0.4, 0.5) is 8.78 Å². The fourth-order valence-electron chi connectivity index (χ4n) is 2.47. The van der Waals surface area contributed by atoms with E-state index in [1.165, 1.54) is 19.2 Å². The first-order valence-electron chi connectivity index (χ1n) is 5.84. The molecule has 0 spiro atoms. The van der Waals surface area contributed by atoms with Gasteiger partial charge in [0.1, 0.15) is 5.67 Å². The van der Waals surface area contributed by atoms with Crippen molar-refractivity contribution >= 4 is 0 Å². The summed E-state index contributed by atoms with van der Waals surface area (Å²) in [7, 11) is 1.39. The maximum atomic E-state index is 14.7. The largest absolute Gasteiger partial charge is 0.494 e. The SMILES string of the molecule is COc1ccc(C2(F)CCCC(N)C2)cc1F. The van der Waals surface area contributed by atoms with Gasteiger partial charge in [-0.3, -0.25) is 0 Å². The molecule has 0 heterocycles. The van der Waals surface area contributed by atoms with Crippen molar-refractivity contribution in [2.45, 2.75) is 37.4 Å².